The molecule has 1 saturated heterocycles. The normalized spacial score (nSPS) is 19.2. The van der Waals surface area contributed by atoms with E-state index in [1.165, 1.54) is 23.1 Å². The van der Waals surface area contributed by atoms with Crippen molar-refractivity contribution in [1.82, 2.24) is 10.6 Å². The van der Waals surface area contributed by atoms with E-state index in [0.717, 1.165) is 31.8 Å². The van der Waals surface area contributed by atoms with Crippen molar-refractivity contribution < 1.29 is 4.74 Å². The van der Waals surface area contributed by atoms with Crippen LogP contribution in [0, 0.1) is 13.8 Å². The van der Waals surface area contributed by atoms with Crippen molar-refractivity contribution in [3.63, 3.8) is 0 Å². The predicted octanol–water partition coefficient (Wildman–Crippen LogP) is 1.81. The maximum Gasteiger partial charge on any atom is 0.122 e. The zero-order valence-electron chi connectivity index (χ0n) is 11.7. The van der Waals surface area contributed by atoms with Crippen molar-refractivity contribution in [2.45, 2.75) is 32.7 Å². The molecule has 0 saturated carbocycles. The molecule has 1 aromatic rings. The molecule has 3 heteroatoms. The first-order valence-corrected chi connectivity index (χ1v) is 6.79. The van der Waals surface area contributed by atoms with Gasteiger partial charge in [0.1, 0.15) is 5.75 Å². The minimum atomic E-state index is 0.657. The van der Waals surface area contributed by atoms with Crippen molar-refractivity contribution in [2.24, 2.45) is 0 Å². The summed E-state index contributed by atoms with van der Waals surface area (Å²) >= 11 is 0. The SMILES string of the molecule is COc1cc(C)c(CCNC2CCNC2)cc1C. The summed E-state index contributed by atoms with van der Waals surface area (Å²) < 4.78 is 5.34. The van der Waals surface area contributed by atoms with E-state index in [0.29, 0.717) is 6.04 Å². The first kappa shape index (κ1) is 13.4. The van der Waals surface area contributed by atoms with E-state index in [1.807, 2.05) is 0 Å². The first-order chi connectivity index (χ1) is 8.70. The van der Waals surface area contributed by atoms with E-state index in [9.17, 15) is 0 Å². The average molecular weight is 248 g/mol. The molecule has 1 atom stereocenters. The van der Waals surface area contributed by atoms with Gasteiger partial charge in [-0.2, -0.15) is 0 Å². The molecule has 1 aliphatic rings. The maximum absolute atomic E-state index is 5.34. The van der Waals surface area contributed by atoms with Gasteiger partial charge in [-0.25, -0.2) is 0 Å². The lowest BCUT2D eigenvalue weighted by Gasteiger charge is -2.14. The zero-order chi connectivity index (χ0) is 13.0. The smallest absolute Gasteiger partial charge is 0.122 e. The Kier molecular flexibility index (Phi) is 4.61. The van der Waals surface area contributed by atoms with Gasteiger partial charge in [-0.15, -0.1) is 0 Å². The summed E-state index contributed by atoms with van der Waals surface area (Å²) in [6, 6.07) is 5.05. The second-order valence-electron chi connectivity index (χ2n) is 5.14. The molecule has 0 bridgehead atoms. The highest BCUT2D eigenvalue weighted by atomic mass is 16.5. The largest absolute Gasteiger partial charge is 0.496 e. The highest BCUT2D eigenvalue weighted by Gasteiger charge is 2.13. The molecular formula is C15H24N2O. The molecule has 1 unspecified atom stereocenters. The fourth-order valence-corrected chi connectivity index (χ4v) is 2.58. The Morgan fingerprint density at radius 3 is 2.83 bits per heavy atom. The van der Waals surface area contributed by atoms with Gasteiger partial charge >= 0.3 is 0 Å². The van der Waals surface area contributed by atoms with Crippen LogP contribution in [0.1, 0.15) is 23.1 Å². The number of hydrogen-bond acceptors (Lipinski definition) is 3. The van der Waals surface area contributed by atoms with Crippen molar-refractivity contribution >= 4 is 0 Å². The van der Waals surface area contributed by atoms with Crippen LogP contribution in [0.15, 0.2) is 12.1 Å². The molecule has 3 nitrogen and oxygen atoms in total. The molecule has 0 amide bonds. The molecule has 1 heterocycles. The van der Waals surface area contributed by atoms with Gasteiger partial charge in [0.2, 0.25) is 0 Å². The lowest BCUT2D eigenvalue weighted by molar-refractivity contribution is 0.411. The molecule has 1 fully saturated rings. The fraction of sp³-hybridized carbons (Fsp3) is 0.600. The molecule has 0 spiro atoms. The summed E-state index contributed by atoms with van der Waals surface area (Å²) in [4.78, 5) is 0. The molecule has 18 heavy (non-hydrogen) atoms. The van der Waals surface area contributed by atoms with Gasteiger partial charge in [-0.05, 0) is 62.5 Å². The van der Waals surface area contributed by atoms with E-state index >= 15 is 0 Å². The van der Waals surface area contributed by atoms with Crippen LogP contribution in [-0.2, 0) is 6.42 Å². The standard InChI is InChI=1S/C15H24N2O/c1-11-9-15(18-3)12(2)8-13(11)4-7-17-14-5-6-16-10-14/h8-9,14,16-17H,4-7,10H2,1-3H3. The summed E-state index contributed by atoms with van der Waals surface area (Å²) in [6.07, 6.45) is 2.34. The predicted molar refractivity (Wildman–Crippen MR) is 75.4 cm³/mol. The van der Waals surface area contributed by atoms with Crippen LogP contribution >= 0.6 is 0 Å². The van der Waals surface area contributed by atoms with Crippen molar-refractivity contribution in [3.8, 4) is 5.75 Å². The average Bonchev–Trinajstić information content (AvgIpc) is 2.86. The Morgan fingerprint density at radius 1 is 1.33 bits per heavy atom. The van der Waals surface area contributed by atoms with Crippen LogP contribution in [0.5, 0.6) is 5.75 Å². The van der Waals surface area contributed by atoms with Crippen LogP contribution < -0.4 is 15.4 Å². The molecule has 100 valence electrons. The van der Waals surface area contributed by atoms with Crippen LogP contribution in [0.25, 0.3) is 0 Å². The Balaban J connectivity index is 1.90. The molecule has 1 aliphatic heterocycles. The molecule has 0 aliphatic carbocycles. The van der Waals surface area contributed by atoms with Crippen molar-refractivity contribution in [1.29, 1.82) is 0 Å². The minimum absolute atomic E-state index is 0.657. The number of ether oxygens (including phenoxy) is 1. The monoisotopic (exact) mass is 248 g/mol. The maximum atomic E-state index is 5.34. The molecule has 2 rings (SSSR count). The fourth-order valence-electron chi connectivity index (χ4n) is 2.58. The van der Waals surface area contributed by atoms with E-state index in [4.69, 9.17) is 4.74 Å². The number of rotatable bonds is 5. The summed E-state index contributed by atoms with van der Waals surface area (Å²) in [5.41, 5.74) is 3.97. The van der Waals surface area contributed by atoms with Gasteiger partial charge in [0, 0.05) is 12.6 Å². The first-order valence-electron chi connectivity index (χ1n) is 6.79. The Morgan fingerprint density at radius 2 is 2.17 bits per heavy atom. The second-order valence-corrected chi connectivity index (χ2v) is 5.14. The van der Waals surface area contributed by atoms with E-state index in [2.05, 4.69) is 36.6 Å². The summed E-state index contributed by atoms with van der Waals surface area (Å²) in [5.74, 6) is 0.990. The molecule has 2 N–H and O–H groups in total. The van der Waals surface area contributed by atoms with Crippen LogP contribution in [0.4, 0.5) is 0 Å². The molecule has 0 radical (unpaired) electrons. The topological polar surface area (TPSA) is 33.3 Å². The number of methoxy groups -OCH3 is 1. The third-order valence-corrected chi connectivity index (χ3v) is 3.74. The highest BCUT2D eigenvalue weighted by molar-refractivity contribution is 5.41. The Bertz CT molecular complexity index is 398. The second kappa shape index (κ2) is 6.21. The van der Waals surface area contributed by atoms with E-state index < -0.39 is 0 Å². The van der Waals surface area contributed by atoms with E-state index in [-0.39, 0.29) is 0 Å². The summed E-state index contributed by atoms with van der Waals surface area (Å²) in [6.45, 7) is 7.59. The van der Waals surface area contributed by atoms with Gasteiger partial charge in [0.05, 0.1) is 7.11 Å². The van der Waals surface area contributed by atoms with E-state index in [1.54, 1.807) is 7.11 Å². The van der Waals surface area contributed by atoms with Crippen LogP contribution in [0.3, 0.4) is 0 Å². The highest BCUT2D eigenvalue weighted by Crippen LogP contribution is 2.22. The number of benzene rings is 1. The number of hydrogen-bond donors (Lipinski definition) is 2. The van der Waals surface area contributed by atoms with Crippen molar-refractivity contribution in [2.75, 3.05) is 26.7 Å². The Hall–Kier alpha value is -1.06. The summed E-state index contributed by atoms with van der Waals surface area (Å²) in [5, 5.41) is 6.99. The zero-order valence-corrected chi connectivity index (χ0v) is 11.7. The van der Waals surface area contributed by atoms with Crippen LogP contribution in [0.2, 0.25) is 0 Å². The molecule has 0 aromatic heterocycles. The lowest BCUT2D eigenvalue weighted by Crippen LogP contribution is -2.32. The van der Waals surface area contributed by atoms with Gasteiger partial charge in [0.15, 0.2) is 0 Å². The lowest BCUT2D eigenvalue weighted by atomic mass is 10.0. The number of aryl methyl sites for hydroxylation is 2. The van der Waals surface area contributed by atoms with Gasteiger partial charge in [-0.3, -0.25) is 0 Å². The van der Waals surface area contributed by atoms with Gasteiger partial charge in [-0.1, -0.05) is 6.07 Å². The minimum Gasteiger partial charge on any atom is -0.496 e. The molecule has 1 aromatic carbocycles. The summed E-state index contributed by atoms with van der Waals surface area (Å²) in [7, 11) is 1.73. The van der Waals surface area contributed by atoms with Gasteiger partial charge < -0.3 is 15.4 Å². The third kappa shape index (κ3) is 3.24. The van der Waals surface area contributed by atoms with Crippen LogP contribution in [-0.4, -0.2) is 32.8 Å². The molecular weight excluding hydrogens is 224 g/mol. The van der Waals surface area contributed by atoms with Crippen molar-refractivity contribution in [3.05, 3.63) is 28.8 Å². The van der Waals surface area contributed by atoms with Gasteiger partial charge in [0.25, 0.3) is 0 Å². The third-order valence-electron chi connectivity index (χ3n) is 3.74. The number of nitrogens with one attached hydrogen (secondary N) is 2. The Labute approximate surface area is 110 Å². The quantitative estimate of drug-likeness (QED) is 0.834.